The number of benzene rings is 2. The van der Waals surface area contributed by atoms with E-state index in [1.165, 1.54) is 19.5 Å². The summed E-state index contributed by atoms with van der Waals surface area (Å²) in [7, 11) is 1.47. The van der Waals surface area contributed by atoms with Crippen LogP contribution >= 0.6 is 34.8 Å². The van der Waals surface area contributed by atoms with Gasteiger partial charge < -0.3 is 15.4 Å². The SMILES string of the molecule is COc1ccc(Cl)cc1Nc1ncnc(Nc2ccc(Cl)cc2Cl)c1[N+](=O)[O-]. The van der Waals surface area contributed by atoms with Gasteiger partial charge in [-0.3, -0.25) is 10.1 Å². The number of nitro groups is 1. The topological polar surface area (TPSA) is 102 Å². The van der Waals surface area contributed by atoms with Crippen molar-refractivity contribution < 1.29 is 9.66 Å². The third-order valence-corrected chi connectivity index (χ3v) is 4.39. The van der Waals surface area contributed by atoms with Crippen LogP contribution < -0.4 is 15.4 Å². The molecule has 0 fully saturated rings. The van der Waals surface area contributed by atoms with Crippen LogP contribution in [0, 0.1) is 10.1 Å². The highest BCUT2D eigenvalue weighted by Crippen LogP contribution is 2.37. The molecule has 0 amide bonds. The van der Waals surface area contributed by atoms with Crippen LogP contribution in [0.5, 0.6) is 5.75 Å². The van der Waals surface area contributed by atoms with Crippen molar-refractivity contribution >= 4 is 63.5 Å². The number of hydrogen-bond acceptors (Lipinski definition) is 7. The zero-order valence-electron chi connectivity index (χ0n) is 14.2. The molecule has 3 rings (SSSR count). The molecule has 0 aliphatic heterocycles. The number of halogens is 3. The molecule has 1 aromatic heterocycles. The average molecular weight is 441 g/mol. The Morgan fingerprint density at radius 1 is 0.964 bits per heavy atom. The normalized spacial score (nSPS) is 10.4. The second-order valence-corrected chi connectivity index (χ2v) is 6.68. The molecule has 0 radical (unpaired) electrons. The highest BCUT2D eigenvalue weighted by molar-refractivity contribution is 6.36. The lowest BCUT2D eigenvalue weighted by Gasteiger charge is -2.13. The summed E-state index contributed by atoms with van der Waals surface area (Å²) in [5.74, 6) is 0.341. The van der Waals surface area contributed by atoms with E-state index in [2.05, 4.69) is 20.6 Å². The highest BCUT2D eigenvalue weighted by atomic mass is 35.5. The molecule has 0 bridgehead atoms. The Morgan fingerprint density at radius 2 is 1.57 bits per heavy atom. The molecule has 0 aliphatic carbocycles. The molecule has 3 aromatic rings. The van der Waals surface area contributed by atoms with Crippen molar-refractivity contribution in [1.82, 2.24) is 9.97 Å². The Kier molecular flexibility index (Phi) is 6.03. The van der Waals surface area contributed by atoms with Gasteiger partial charge in [0.2, 0.25) is 11.6 Å². The van der Waals surface area contributed by atoms with Gasteiger partial charge in [0.15, 0.2) is 0 Å². The van der Waals surface area contributed by atoms with Crippen molar-refractivity contribution in [3.8, 4) is 5.75 Å². The number of rotatable bonds is 6. The first-order chi connectivity index (χ1) is 13.4. The molecule has 144 valence electrons. The third-order valence-electron chi connectivity index (χ3n) is 3.60. The van der Waals surface area contributed by atoms with Gasteiger partial charge in [-0.25, -0.2) is 9.97 Å². The monoisotopic (exact) mass is 439 g/mol. The molecule has 28 heavy (non-hydrogen) atoms. The van der Waals surface area contributed by atoms with Crippen molar-refractivity contribution in [1.29, 1.82) is 0 Å². The van der Waals surface area contributed by atoms with Gasteiger partial charge in [0.25, 0.3) is 0 Å². The van der Waals surface area contributed by atoms with Crippen molar-refractivity contribution in [2.75, 3.05) is 17.7 Å². The summed E-state index contributed by atoms with van der Waals surface area (Å²) in [5.41, 5.74) is 0.432. The Labute approximate surface area is 174 Å². The molecule has 0 aliphatic rings. The van der Waals surface area contributed by atoms with Crippen molar-refractivity contribution in [3.05, 3.63) is 67.9 Å². The maximum absolute atomic E-state index is 11.7. The van der Waals surface area contributed by atoms with Crippen LogP contribution in [0.3, 0.4) is 0 Å². The van der Waals surface area contributed by atoms with Gasteiger partial charge in [0, 0.05) is 10.0 Å². The fourth-order valence-electron chi connectivity index (χ4n) is 2.36. The number of nitrogens with one attached hydrogen (secondary N) is 2. The van der Waals surface area contributed by atoms with E-state index in [9.17, 15) is 10.1 Å². The van der Waals surface area contributed by atoms with Crippen molar-refractivity contribution in [3.63, 3.8) is 0 Å². The van der Waals surface area contributed by atoms with E-state index in [1.807, 2.05) is 0 Å². The van der Waals surface area contributed by atoms with Crippen LogP contribution in [0.1, 0.15) is 0 Å². The van der Waals surface area contributed by atoms with Crippen LogP contribution in [0.2, 0.25) is 15.1 Å². The van der Waals surface area contributed by atoms with Gasteiger partial charge >= 0.3 is 5.69 Å². The van der Waals surface area contributed by atoms with Gasteiger partial charge in [-0.05, 0) is 36.4 Å². The highest BCUT2D eigenvalue weighted by Gasteiger charge is 2.24. The van der Waals surface area contributed by atoms with E-state index in [-0.39, 0.29) is 22.3 Å². The van der Waals surface area contributed by atoms with Crippen molar-refractivity contribution in [2.24, 2.45) is 0 Å². The lowest BCUT2D eigenvalue weighted by atomic mass is 10.2. The Morgan fingerprint density at radius 3 is 2.18 bits per heavy atom. The molecule has 2 aromatic carbocycles. The Balaban J connectivity index is 2.03. The van der Waals surface area contributed by atoms with E-state index in [1.54, 1.807) is 30.3 Å². The first-order valence-corrected chi connectivity index (χ1v) is 8.84. The molecule has 1 heterocycles. The van der Waals surface area contributed by atoms with E-state index in [0.717, 1.165) is 0 Å². The Bertz CT molecular complexity index is 1050. The standard InChI is InChI=1S/C17H12Cl3N5O3/c1-28-14-5-3-10(19)7-13(14)24-17-15(25(26)27)16(21-8-22-17)23-12-4-2-9(18)6-11(12)20/h2-8H,1H3,(H2,21,22,23,24). The number of anilines is 4. The minimum absolute atomic E-state index is 0.0480. The van der Waals surface area contributed by atoms with E-state index in [4.69, 9.17) is 39.5 Å². The van der Waals surface area contributed by atoms with Gasteiger partial charge in [0.1, 0.15) is 12.1 Å². The molecule has 11 heteroatoms. The second kappa shape index (κ2) is 8.47. The summed E-state index contributed by atoms with van der Waals surface area (Å²) < 4.78 is 5.25. The molecule has 0 atom stereocenters. The third kappa shape index (κ3) is 4.36. The maximum Gasteiger partial charge on any atom is 0.353 e. The van der Waals surface area contributed by atoms with E-state index in [0.29, 0.717) is 27.2 Å². The lowest BCUT2D eigenvalue weighted by Crippen LogP contribution is -2.06. The number of ether oxygens (including phenoxy) is 1. The largest absolute Gasteiger partial charge is 0.495 e. The van der Waals surface area contributed by atoms with E-state index >= 15 is 0 Å². The summed E-state index contributed by atoms with van der Waals surface area (Å²) >= 11 is 18.0. The van der Waals surface area contributed by atoms with Gasteiger partial charge in [-0.1, -0.05) is 34.8 Å². The summed E-state index contributed by atoms with van der Waals surface area (Å²) in [5, 5.41) is 18.6. The fraction of sp³-hybridized carbons (Fsp3) is 0.0588. The average Bonchev–Trinajstić information content (AvgIpc) is 2.64. The van der Waals surface area contributed by atoms with Gasteiger partial charge in [-0.2, -0.15) is 0 Å². The second-order valence-electron chi connectivity index (χ2n) is 5.40. The van der Waals surface area contributed by atoms with Crippen LogP contribution in [0.25, 0.3) is 0 Å². The van der Waals surface area contributed by atoms with Gasteiger partial charge in [0.05, 0.1) is 28.4 Å². The van der Waals surface area contributed by atoms with Crippen LogP contribution in [-0.4, -0.2) is 22.0 Å². The molecule has 0 unspecified atom stereocenters. The zero-order valence-corrected chi connectivity index (χ0v) is 16.5. The predicted molar refractivity (Wildman–Crippen MR) is 110 cm³/mol. The lowest BCUT2D eigenvalue weighted by molar-refractivity contribution is -0.383. The van der Waals surface area contributed by atoms with Crippen LogP contribution in [0.4, 0.5) is 28.7 Å². The first-order valence-electron chi connectivity index (χ1n) is 7.71. The summed E-state index contributed by atoms with van der Waals surface area (Å²) in [6.07, 6.45) is 1.18. The Hall–Kier alpha value is -2.81. The van der Waals surface area contributed by atoms with Gasteiger partial charge in [-0.15, -0.1) is 0 Å². The molecular weight excluding hydrogens is 429 g/mol. The van der Waals surface area contributed by atoms with E-state index < -0.39 is 4.92 Å². The summed E-state index contributed by atoms with van der Waals surface area (Å²) in [4.78, 5) is 19.1. The minimum atomic E-state index is -0.606. The first kappa shape index (κ1) is 19.9. The predicted octanol–water partition coefficient (Wildman–Crippen LogP) is 5.84. The molecule has 8 nitrogen and oxygen atoms in total. The quantitative estimate of drug-likeness (QED) is 0.366. The van der Waals surface area contributed by atoms with Crippen molar-refractivity contribution in [2.45, 2.75) is 0 Å². The minimum Gasteiger partial charge on any atom is -0.495 e. The molecule has 0 saturated heterocycles. The fourth-order valence-corrected chi connectivity index (χ4v) is 2.99. The molecule has 0 spiro atoms. The van der Waals surface area contributed by atoms with Crippen LogP contribution in [0.15, 0.2) is 42.7 Å². The molecule has 0 saturated carbocycles. The summed E-state index contributed by atoms with van der Waals surface area (Å²) in [6, 6.07) is 9.52. The summed E-state index contributed by atoms with van der Waals surface area (Å²) in [6.45, 7) is 0. The van der Waals surface area contributed by atoms with Crippen LogP contribution in [-0.2, 0) is 0 Å². The number of nitrogens with zero attached hydrogens (tertiary/aromatic N) is 3. The molecular formula is C17H12Cl3N5O3. The number of aromatic nitrogens is 2. The molecule has 2 N–H and O–H groups in total. The zero-order chi connectivity index (χ0) is 20.3. The number of methoxy groups -OCH3 is 1. The smallest absolute Gasteiger partial charge is 0.353 e. The number of hydrogen-bond donors (Lipinski definition) is 2. The maximum atomic E-state index is 11.7.